The first-order valence-corrected chi connectivity index (χ1v) is 7.41. The summed E-state index contributed by atoms with van der Waals surface area (Å²) < 4.78 is 0. The summed E-state index contributed by atoms with van der Waals surface area (Å²) in [6.45, 7) is 3.40. The van der Waals surface area contributed by atoms with Crippen LogP contribution in [0.3, 0.4) is 0 Å². The van der Waals surface area contributed by atoms with Crippen LogP contribution in [0.15, 0.2) is 24.5 Å². The highest BCUT2D eigenvalue weighted by Crippen LogP contribution is 2.02. The lowest BCUT2D eigenvalue weighted by Gasteiger charge is -2.20. The van der Waals surface area contributed by atoms with Gasteiger partial charge >= 0.3 is 0 Å². The maximum Gasteiger partial charge on any atom is 0.231 e. The smallest absolute Gasteiger partial charge is 0.231 e. The maximum atomic E-state index is 12.0. The molecule has 0 saturated heterocycles. The zero-order valence-corrected chi connectivity index (χ0v) is 13.2. The van der Waals surface area contributed by atoms with Gasteiger partial charge in [0.05, 0.1) is 0 Å². The fourth-order valence-corrected chi connectivity index (χ4v) is 1.89. The Labute approximate surface area is 127 Å². The summed E-state index contributed by atoms with van der Waals surface area (Å²) in [5, 5.41) is 0. The lowest BCUT2D eigenvalue weighted by atomic mass is 10.2. The number of unbranched alkanes of at least 4 members (excludes halogenated alkanes) is 1. The lowest BCUT2D eigenvalue weighted by Crippen LogP contribution is -2.35. The Hall–Kier alpha value is -1.91. The van der Waals surface area contributed by atoms with E-state index in [2.05, 4.69) is 11.9 Å². The molecule has 0 bridgehead atoms. The molecule has 1 aromatic heterocycles. The fraction of sp³-hybridized carbons (Fsp3) is 0.562. The van der Waals surface area contributed by atoms with Crippen molar-refractivity contribution in [1.82, 2.24) is 14.8 Å². The largest absolute Gasteiger partial charge is 0.345 e. The van der Waals surface area contributed by atoms with E-state index in [-0.39, 0.29) is 18.2 Å². The normalized spacial score (nSPS) is 10.2. The highest BCUT2D eigenvalue weighted by molar-refractivity contribution is 5.96. The van der Waals surface area contributed by atoms with E-state index < -0.39 is 0 Å². The number of nitrogens with zero attached hydrogens (tertiary/aromatic N) is 3. The predicted molar refractivity (Wildman–Crippen MR) is 82.7 cm³/mol. The molecule has 5 nitrogen and oxygen atoms in total. The minimum Gasteiger partial charge on any atom is -0.345 e. The highest BCUT2D eigenvalue weighted by atomic mass is 16.2. The molecule has 0 aliphatic heterocycles. The third-order valence-electron chi connectivity index (χ3n) is 3.49. The molecule has 0 fully saturated rings. The minimum atomic E-state index is -0.127. The first-order chi connectivity index (χ1) is 10.0. The molecular formula is C16H25N3O2. The topological polar surface area (TPSA) is 53.5 Å². The van der Waals surface area contributed by atoms with Crippen molar-refractivity contribution in [1.29, 1.82) is 0 Å². The lowest BCUT2D eigenvalue weighted by molar-refractivity contribution is -0.139. The molecule has 0 aliphatic carbocycles. The SMILES string of the molecule is CCCCN(C)C(=O)CC(=O)N(C)CCc1ccncc1. The standard InChI is InChI=1S/C16H25N3O2/c1-4-5-11-18(2)15(20)13-16(21)19(3)12-8-14-6-9-17-10-7-14/h6-7,9-10H,4-5,8,11-13H2,1-3H3. The molecular weight excluding hydrogens is 266 g/mol. The molecule has 0 radical (unpaired) electrons. The van der Waals surface area contributed by atoms with Gasteiger partial charge in [0.1, 0.15) is 6.42 Å². The Morgan fingerprint density at radius 1 is 1.05 bits per heavy atom. The molecule has 1 heterocycles. The maximum absolute atomic E-state index is 12.0. The zero-order valence-electron chi connectivity index (χ0n) is 13.2. The molecule has 2 amide bonds. The molecule has 5 heteroatoms. The number of pyridine rings is 1. The van der Waals surface area contributed by atoms with Crippen LogP contribution in [0.5, 0.6) is 0 Å². The van der Waals surface area contributed by atoms with Crippen molar-refractivity contribution in [2.75, 3.05) is 27.2 Å². The van der Waals surface area contributed by atoms with Crippen molar-refractivity contribution in [3.8, 4) is 0 Å². The van der Waals surface area contributed by atoms with Gasteiger partial charge in [-0.15, -0.1) is 0 Å². The molecule has 21 heavy (non-hydrogen) atoms. The van der Waals surface area contributed by atoms with Gasteiger partial charge in [0.25, 0.3) is 0 Å². The van der Waals surface area contributed by atoms with E-state index >= 15 is 0 Å². The second-order valence-corrected chi connectivity index (χ2v) is 5.27. The Bertz CT molecular complexity index is 448. The number of amides is 2. The minimum absolute atomic E-state index is 0.0486. The van der Waals surface area contributed by atoms with Gasteiger partial charge in [0.2, 0.25) is 11.8 Å². The molecule has 0 N–H and O–H groups in total. The first kappa shape index (κ1) is 17.1. The van der Waals surface area contributed by atoms with Gasteiger partial charge < -0.3 is 9.80 Å². The van der Waals surface area contributed by atoms with Crippen LogP contribution in [0, 0.1) is 0 Å². The van der Waals surface area contributed by atoms with E-state index in [1.165, 1.54) is 0 Å². The second kappa shape index (κ2) is 9.10. The van der Waals surface area contributed by atoms with Crippen LogP contribution in [0.4, 0.5) is 0 Å². The van der Waals surface area contributed by atoms with Crippen LogP contribution in [-0.2, 0) is 16.0 Å². The summed E-state index contributed by atoms with van der Waals surface area (Å²) in [7, 11) is 3.49. The van der Waals surface area contributed by atoms with Crippen LogP contribution in [0.1, 0.15) is 31.7 Å². The first-order valence-electron chi connectivity index (χ1n) is 7.41. The van der Waals surface area contributed by atoms with Gasteiger partial charge in [-0.05, 0) is 30.5 Å². The van der Waals surface area contributed by atoms with Crippen molar-refractivity contribution in [2.45, 2.75) is 32.6 Å². The Morgan fingerprint density at radius 3 is 2.19 bits per heavy atom. The van der Waals surface area contributed by atoms with Crippen molar-refractivity contribution in [2.24, 2.45) is 0 Å². The molecule has 1 rings (SSSR count). The van der Waals surface area contributed by atoms with Crippen LogP contribution in [0.2, 0.25) is 0 Å². The van der Waals surface area contributed by atoms with Gasteiger partial charge in [0.15, 0.2) is 0 Å². The number of carbonyl (C=O) groups is 2. The molecule has 0 aliphatic rings. The summed E-state index contributed by atoms with van der Waals surface area (Å²) in [6.07, 6.45) is 6.20. The van der Waals surface area contributed by atoms with E-state index in [1.807, 2.05) is 12.1 Å². The van der Waals surface area contributed by atoms with E-state index in [0.717, 1.165) is 24.8 Å². The summed E-state index contributed by atoms with van der Waals surface area (Å²) >= 11 is 0. The number of hydrogen-bond donors (Lipinski definition) is 0. The van der Waals surface area contributed by atoms with E-state index in [1.54, 1.807) is 36.3 Å². The molecule has 0 atom stereocenters. The van der Waals surface area contributed by atoms with Crippen LogP contribution in [0.25, 0.3) is 0 Å². The second-order valence-electron chi connectivity index (χ2n) is 5.27. The van der Waals surface area contributed by atoms with Crippen molar-refractivity contribution < 1.29 is 9.59 Å². The molecule has 0 spiro atoms. The molecule has 116 valence electrons. The number of likely N-dealkylation sites (N-methyl/N-ethyl adjacent to an activating group) is 1. The highest BCUT2D eigenvalue weighted by Gasteiger charge is 2.16. The third kappa shape index (κ3) is 6.38. The molecule has 1 aromatic rings. The van der Waals surface area contributed by atoms with Gasteiger partial charge in [0, 0.05) is 39.6 Å². The van der Waals surface area contributed by atoms with Crippen molar-refractivity contribution >= 4 is 11.8 Å². The summed E-state index contributed by atoms with van der Waals surface area (Å²) in [6, 6.07) is 3.87. The number of aromatic nitrogens is 1. The predicted octanol–water partition coefficient (Wildman–Crippen LogP) is 1.73. The number of rotatable bonds is 8. The van der Waals surface area contributed by atoms with Gasteiger partial charge in [-0.1, -0.05) is 13.3 Å². The van der Waals surface area contributed by atoms with Gasteiger partial charge in [-0.3, -0.25) is 14.6 Å². The molecule has 0 saturated carbocycles. The van der Waals surface area contributed by atoms with E-state index in [9.17, 15) is 9.59 Å². The Kier molecular flexibility index (Phi) is 7.43. The Morgan fingerprint density at radius 2 is 1.62 bits per heavy atom. The van der Waals surface area contributed by atoms with Gasteiger partial charge in [-0.25, -0.2) is 0 Å². The number of carbonyl (C=O) groups excluding carboxylic acids is 2. The van der Waals surface area contributed by atoms with Crippen LogP contribution >= 0.6 is 0 Å². The third-order valence-corrected chi connectivity index (χ3v) is 3.49. The zero-order chi connectivity index (χ0) is 15.7. The van der Waals surface area contributed by atoms with Gasteiger partial charge in [-0.2, -0.15) is 0 Å². The van der Waals surface area contributed by atoms with E-state index in [0.29, 0.717) is 13.1 Å². The average Bonchev–Trinajstić information content (AvgIpc) is 2.50. The van der Waals surface area contributed by atoms with Crippen LogP contribution in [-0.4, -0.2) is 53.8 Å². The molecule has 0 unspecified atom stereocenters. The molecule has 0 aromatic carbocycles. The summed E-state index contributed by atoms with van der Waals surface area (Å²) in [4.78, 5) is 31.1. The quantitative estimate of drug-likeness (QED) is 0.685. The monoisotopic (exact) mass is 291 g/mol. The van der Waals surface area contributed by atoms with Crippen molar-refractivity contribution in [3.05, 3.63) is 30.1 Å². The summed E-state index contributed by atoms with van der Waals surface area (Å²) in [5.41, 5.74) is 1.14. The summed E-state index contributed by atoms with van der Waals surface area (Å²) in [5.74, 6) is -0.235. The van der Waals surface area contributed by atoms with E-state index in [4.69, 9.17) is 0 Å². The number of hydrogen-bond acceptors (Lipinski definition) is 3. The van der Waals surface area contributed by atoms with Crippen LogP contribution < -0.4 is 0 Å². The van der Waals surface area contributed by atoms with Crippen molar-refractivity contribution in [3.63, 3.8) is 0 Å². The Balaban J connectivity index is 2.35. The average molecular weight is 291 g/mol. The fourth-order valence-electron chi connectivity index (χ4n) is 1.89.